The Hall–Kier alpha value is -4.39. The minimum atomic E-state index is 0.00380. The van der Waals surface area contributed by atoms with Gasteiger partial charge in [0.1, 0.15) is 11.4 Å². The number of aryl methyl sites for hydroxylation is 1. The topological polar surface area (TPSA) is 75.6 Å². The average molecular weight is 479 g/mol. The highest BCUT2D eigenvalue weighted by molar-refractivity contribution is 5.98. The Bertz CT molecular complexity index is 1530. The third-order valence-corrected chi connectivity index (χ3v) is 6.67. The minimum absolute atomic E-state index is 0.00380. The molecule has 7 nitrogen and oxygen atoms in total. The number of carbonyl (C=O) groups is 1. The summed E-state index contributed by atoms with van der Waals surface area (Å²) in [4.78, 5) is 27.4. The normalized spacial score (nSPS) is 16.0. The number of benzene rings is 2. The first-order valence-electron chi connectivity index (χ1n) is 12.1. The van der Waals surface area contributed by atoms with E-state index in [2.05, 4.69) is 43.0 Å². The lowest BCUT2D eigenvalue weighted by atomic mass is 10.1. The quantitative estimate of drug-likeness (QED) is 0.325. The second-order valence-corrected chi connectivity index (χ2v) is 9.21. The average Bonchev–Trinajstić information content (AvgIpc) is 3.62. The zero-order valence-corrected chi connectivity index (χ0v) is 20.2. The number of hydrogen-bond donors (Lipinski definition) is 0. The standard InChI is InChI=1S/C29H26N4O3/c1-19-6-3-7-22(16-19)33-13-12-32(18-20(33)2)29(34)21-10-11-23-24(17-21)31-28(26-9-5-15-36-26)27(30-23)25-8-4-14-35-25/h3-11,14-17,20H,12-13,18H2,1-2H3/t20-/m1/s1. The molecule has 0 saturated carbocycles. The molecule has 6 rings (SSSR count). The van der Waals surface area contributed by atoms with Gasteiger partial charge in [0.25, 0.3) is 5.91 Å². The van der Waals surface area contributed by atoms with Gasteiger partial charge in [-0.15, -0.1) is 0 Å². The largest absolute Gasteiger partial charge is 0.463 e. The molecule has 3 aromatic heterocycles. The van der Waals surface area contributed by atoms with E-state index in [-0.39, 0.29) is 11.9 Å². The number of rotatable bonds is 4. The van der Waals surface area contributed by atoms with E-state index in [0.717, 1.165) is 6.54 Å². The fourth-order valence-corrected chi connectivity index (χ4v) is 4.87. The zero-order valence-electron chi connectivity index (χ0n) is 20.2. The first-order chi connectivity index (χ1) is 17.6. The van der Waals surface area contributed by atoms with Crippen LogP contribution in [0, 0.1) is 6.92 Å². The molecule has 0 radical (unpaired) electrons. The lowest BCUT2D eigenvalue weighted by Gasteiger charge is -2.41. The van der Waals surface area contributed by atoms with E-state index in [1.807, 2.05) is 47.4 Å². The Kier molecular flexibility index (Phi) is 5.52. The molecule has 36 heavy (non-hydrogen) atoms. The predicted octanol–water partition coefficient (Wildman–Crippen LogP) is 5.81. The van der Waals surface area contributed by atoms with E-state index in [0.29, 0.717) is 52.6 Å². The molecule has 0 N–H and O–H groups in total. The van der Waals surface area contributed by atoms with Gasteiger partial charge in [0.05, 0.1) is 23.6 Å². The van der Waals surface area contributed by atoms with Gasteiger partial charge in [-0.05, 0) is 74.0 Å². The van der Waals surface area contributed by atoms with Crippen LogP contribution in [0.2, 0.25) is 0 Å². The third kappa shape index (κ3) is 4.02. The Morgan fingerprint density at radius 2 is 1.58 bits per heavy atom. The van der Waals surface area contributed by atoms with Gasteiger partial charge < -0.3 is 18.6 Å². The SMILES string of the molecule is Cc1cccc(N2CCN(C(=O)c3ccc4nc(-c5ccco5)c(-c5ccco5)nc4c3)C[C@H]2C)c1. The second kappa shape index (κ2) is 9.00. The highest BCUT2D eigenvalue weighted by Gasteiger charge is 2.28. The Morgan fingerprint density at radius 1 is 0.861 bits per heavy atom. The first-order valence-corrected chi connectivity index (χ1v) is 12.1. The van der Waals surface area contributed by atoms with Crippen LogP contribution in [0.15, 0.2) is 88.1 Å². The number of anilines is 1. The summed E-state index contributed by atoms with van der Waals surface area (Å²) in [5.74, 6) is 1.20. The van der Waals surface area contributed by atoms with Crippen LogP contribution in [-0.4, -0.2) is 46.5 Å². The third-order valence-electron chi connectivity index (χ3n) is 6.67. The Morgan fingerprint density at radius 3 is 2.22 bits per heavy atom. The molecule has 4 heterocycles. The van der Waals surface area contributed by atoms with Crippen molar-refractivity contribution in [1.82, 2.24) is 14.9 Å². The highest BCUT2D eigenvalue weighted by atomic mass is 16.3. The molecule has 1 aliphatic heterocycles. The highest BCUT2D eigenvalue weighted by Crippen LogP contribution is 2.32. The summed E-state index contributed by atoms with van der Waals surface area (Å²) in [5.41, 5.74) is 5.53. The smallest absolute Gasteiger partial charge is 0.254 e. The molecular formula is C29H26N4O3. The molecule has 0 bridgehead atoms. The van der Waals surface area contributed by atoms with Crippen molar-refractivity contribution in [2.45, 2.75) is 19.9 Å². The van der Waals surface area contributed by atoms with Gasteiger partial charge in [0, 0.05) is 36.9 Å². The molecule has 5 aromatic rings. The van der Waals surface area contributed by atoms with E-state index < -0.39 is 0 Å². The summed E-state index contributed by atoms with van der Waals surface area (Å²) < 4.78 is 11.2. The maximum absolute atomic E-state index is 13.5. The van der Waals surface area contributed by atoms with Gasteiger partial charge in [-0.25, -0.2) is 9.97 Å². The molecule has 1 aliphatic rings. The molecule has 1 atom stereocenters. The monoisotopic (exact) mass is 478 g/mol. The zero-order chi connectivity index (χ0) is 24.6. The van der Waals surface area contributed by atoms with Gasteiger partial charge in [-0.1, -0.05) is 12.1 Å². The van der Waals surface area contributed by atoms with Crippen LogP contribution in [-0.2, 0) is 0 Å². The fourth-order valence-electron chi connectivity index (χ4n) is 4.87. The van der Waals surface area contributed by atoms with E-state index >= 15 is 0 Å². The van der Waals surface area contributed by atoms with E-state index in [4.69, 9.17) is 18.8 Å². The van der Waals surface area contributed by atoms with Crippen LogP contribution in [0.5, 0.6) is 0 Å². The predicted molar refractivity (Wildman–Crippen MR) is 139 cm³/mol. The number of hydrogen-bond acceptors (Lipinski definition) is 6. The van der Waals surface area contributed by atoms with Crippen molar-refractivity contribution in [1.29, 1.82) is 0 Å². The number of fused-ring (bicyclic) bond motifs is 1. The van der Waals surface area contributed by atoms with Gasteiger partial charge >= 0.3 is 0 Å². The van der Waals surface area contributed by atoms with Crippen molar-refractivity contribution in [3.63, 3.8) is 0 Å². The summed E-state index contributed by atoms with van der Waals surface area (Å²) in [6, 6.07) is 21.5. The molecule has 7 heteroatoms. The number of carbonyl (C=O) groups excluding carboxylic acids is 1. The molecular weight excluding hydrogens is 452 g/mol. The van der Waals surface area contributed by atoms with Crippen molar-refractivity contribution < 1.29 is 13.6 Å². The van der Waals surface area contributed by atoms with Crippen LogP contribution in [0.4, 0.5) is 5.69 Å². The van der Waals surface area contributed by atoms with Gasteiger partial charge in [0.2, 0.25) is 0 Å². The minimum Gasteiger partial charge on any atom is -0.463 e. The van der Waals surface area contributed by atoms with Gasteiger partial charge in [-0.2, -0.15) is 0 Å². The van der Waals surface area contributed by atoms with Crippen molar-refractivity contribution >= 4 is 22.6 Å². The lowest BCUT2D eigenvalue weighted by Crippen LogP contribution is -2.53. The molecule has 1 amide bonds. The number of piperazine rings is 1. The molecule has 0 unspecified atom stereocenters. The van der Waals surface area contributed by atoms with Crippen LogP contribution >= 0.6 is 0 Å². The van der Waals surface area contributed by atoms with Gasteiger partial charge in [-0.3, -0.25) is 4.79 Å². The summed E-state index contributed by atoms with van der Waals surface area (Å²) in [6.07, 6.45) is 3.21. The van der Waals surface area contributed by atoms with Crippen molar-refractivity contribution in [2.75, 3.05) is 24.5 Å². The molecule has 1 fully saturated rings. The molecule has 1 saturated heterocycles. The van der Waals surface area contributed by atoms with E-state index in [1.165, 1.54) is 11.3 Å². The summed E-state index contributed by atoms with van der Waals surface area (Å²) in [6.45, 7) is 6.38. The number of aromatic nitrogens is 2. The van der Waals surface area contributed by atoms with Crippen LogP contribution in [0.3, 0.4) is 0 Å². The lowest BCUT2D eigenvalue weighted by molar-refractivity contribution is 0.0726. The Labute approximate surface area is 209 Å². The van der Waals surface area contributed by atoms with Crippen LogP contribution in [0.25, 0.3) is 33.9 Å². The van der Waals surface area contributed by atoms with Crippen molar-refractivity contribution in [3.05, 3.63) is 90.4 Å². The van der Waals surface area contributed by atoms with Crippen LogP contribution < -0.4 is 4.90 Å². The van der Waals surface area contributed by atoms with Gasteiger partial charge in [0.15, 0.2) is 11.5 Å². The second-order valence-electron chi connectivity index (χ2n) is 9.21. The van der Waals surface area contributed by atoms with E-state index in [1.54, 1.807) is 12.5 Å². The maximum atomic E-state index is 13.5. The Balaban J connectivity index is 1.29. The molecule has 2 aromatic carbocycles. The molecule has 0 aliphatic carbocycles. The van der Waals surface area contributed by atoms with Crippen LogP contribution in [0.1, 0.15) is 22.8 Å². The first kappa shape index (κ1) is 22.1. The molecule has 0 spiro atoms. The number of nitrogens with zero attached hydrogens (tertiary/aromatic N) is 4. The number of amides is 1. The fraction of sp³-hybridized carbons (Fsp3) is 0.207. The summed E-state index contributed by atoms with van der Waals surface area (Å²) >= 11 is 0. The number of furan rings is 2. The summed E-state index contributed by atoms with van der Waals surface area (Å²) in [7, 11) is 0. The summed E-state index contributed by atoms with van der Waals surface area (Å²) in [5, 5.41) is 0. The van der Waals surface area contributed by atoms with Crippen molar-refractivity contribution in [2.24, 2.45) is 0 Å². The van der Waals surface area contributed by atoms with E-state index in [9.17, 15) is 4.79 Å². The van der Waals surface area contributed by atoms with Crippen molar-refractivity contribution in [3.8, 4) is 22.9 Å². The maximum Gasteiger partial charge on any atom is 0.254 e. The molecule has 180 valence electrons.